The van der Waals surface area contributed by atoms with Gasteiger partial charge >= 0.3 is 5.97 Å². The maximum absolute atomic E-state index is 11.4. The number of likely N-dealkylation sites (N-methyl/N-ethyl adjacent to an activating group) is 1. The van der Waals surface area contributed by atoms with Crippen molar-refractivity contribution in [1.82, 2.24) is 0 Å². The van der Waals surface area contributed by atoms with Crippen molar-refractivity contribution in [2.24, 2.45) is 0 Å². The van der Waals surface area contributed by atoms with Gasteiger partial charge in [-0.3, -0.25) is 20.2 Å². The van der Waals surface area contributed by atoms with Crippen LogP contribution in [-0.4, -0.2) is 36.0 Å². The van der Waals surface area contributed by atoms with Gasteiger partial charge in [0.25, 0.3) is 11.4 Å². The van der Waals surface area contributed by atoms with E-state index in [0.717, 1.165) is 17.3 Å². The fourth-order valence-electron chi connectivity index (χ4n) is 2.50. The predicted molar refractivity (Wildman–Crippen MR) is 114 cm³/mol. The molecule has 9 heteroatoms. The lowest BCUT2D eigenvalue weighted by Gasteiger charge is -2.19. The van der Waals surface area contributed by atoms with Crippen molar-refractivity contribution >= 4 is 35.2 Å². The lowest BCUT2D eigenvalue weighted by molar-refractivity contribution is -0.394. The first-order chi connectivity index (χ1) is 14.2. The van der Waals surface area contributed by atoms with E-state index in [4.69, 9.17) is 4.74 Å². The monoisotopic (exact) mass is 411 g/mol. The van der Waals surface area contributed by atoms with Crippen molar-refractivity contribution in [3.05, 3.63) is 86.0 Å². The molecular formula is C21H21N3O6. The molecule has 30 heavy (non-hydrogen) atoms. The molecule has 2 rings (SSSR count). The molecule has 0 heterocycles. The van der Waals surface area contributed by atoms with Gasteiger partial charge < -0.3 is 9.64 Å². The number of hydrogen-bond donors (Lipinski definition) is 0. The highest BCUT2D eigenvalue weighted by molar-refractivity contribution is 5.86. The molecule has 0 fully saturated rings. The summed E-state index contributed by atoms with van der Waals surface area (Å²) >= 11 is 0. The maximum Gasteiger partial charge on any atom is 0.333 e. The maximum atomic E-state index is 11.4. The number of anilines is 1. The highest BCUT2D eigenvalue weighted by atomic mass is 16.6. The molecule has 2 aromatic carbocycles. The second kappa shape index (κ2) is 9.97. The zero-order chi connectivity index (χ0) is 22.3. The minimum absolute atomic E-state index is 0.230. The SMILES string of the molecule is C=C(C)C(=O)OCCN(C)c1ccc(/C=C/c2ccc([N+](=O)[O-])cc2[N+](=O)[O-])cc1. The van der Waals surface area contributed by atoms with Crippen LogP contribution in [0.1, 0.15) is 18.1 Å². The number of nitro groups is 2. The molecule has 0 aliphatic heterocycles. The van der Waals surface area contributed by atoms with Crippen LogP contribution in [0, 0.1) is 20.2 Å². The summed E-state index contributed by atoms with van der Waals surface area (Å²) in [4.78, 5) is 34.0. The summed E-state index contributed by atoms with van der Waals surface area (Å²) in [5, 5.41) is 22.0. The van der Waals surface area contributed by atoms with Gasteiger partial charge in [0.05, 0.1) is 28.0 Å². The molecule has 0 amide bonds. The van der Waals surface area contributed by atoms with Crippen LogP contribution in [0.5, 0.6) is 0 Å². The fraction of sp³-hybridized carbons (Fsp3) is 0.190. The molecule has 0 saturated heterocycles. The Morgan fingerprint density at radius 1 is 1.10 bits per heavy atom. The molecule has 2 aromatic rings. The zero-order valence-corrected chi connectivity index (χ0v) is 16.6. The summed E-state index contributed by atoms with van der Waals surface area (Å²) in [5.41, 5.74) is 1.66. The number of carbonyl (C=O) groups is 1. The average molecular weight is 411 g/mol. The molecule has 9 nitrogen and oxygen atoms in total. The van der Waals surface area contributed by atoms with Crippen LogP contribution in [0.15, 0.2) is 54.6 Å². The van der Waals surface area contributed by atoms with E-state index < -0.39 is 15.8 Å². The molecule has 0 saturated carbocycles. The third-order valence-electron chi connectivity index (χ3n) is 4.22. The molecule has 156 valence electrons. The smallest absolute Gasteiger partial charge is 0.333 e. The van der Waals surface area contributed by atoms with Gasteiger partial charge in [-0.05, 0) is 36.8 Å². The van der Waals surface area contributed by atoms with Crippen molar-refractivity contribution in [3.63, 3.8) is 0 Å². The number of non-ortho nitro benzene ring substituents is 1. The van der Waals surface area contributed by atoms with Gasteiger partial charge in [-0.15, -0.1) is 0 Å². The molecule has 0 bridgehead atoms. The topological polar surface area (TPSA) is 116 Å². The van der Waals surface area contributed by atoms with E-state index >= 15 is 0 Å². The third-order valence-corrected chi connectivity index (χ3v) is 4.22. The highest BCUT2D eigenvalue weighted by Crippen LogP contribution is 2.26. The molecular weight excluding hydrogens is 390 g/mol. The Morgan fingerprint density at radius 3 is 2.33 bits per heavy atom. The van der Waals surface area contributed by atoms with Crippen molar-refractivity contribution in [3.8, 4) is 0 Å². The average Bonchev–Trinajstić information content (AvgIpc) is 2.72. The molecule has 0 aromatic heterocycles. The van der Waals surface area contributed by atoms with Gasteiger partial charge in [-0.25, -0.2) is 4.79 Å². The van der Waals surface area contributed by atoms with Gasteiger partial charge in [-0.2, -0.15) is 0 Å². The van der Waals surface area contributed by atoms with Gasteiger partial charge in [0.2, 0.25) is 0 Å². The number of benzene rings is 2. The Kier molecular flexibility index (Phi) is 7.40. The molecule has 0 aliphatic rings. The van der Waals surface area contributed by atoms with Crippen LogP contribution in [0.3, 0.4) is 0 Å². The second-order valence-electron chi connectivity index (χ2n) is 6.52. The van der Waals surface area contributed by atoms with E-state index in [2.05, 4.69) is 6.58 Å². The van der Waals surface area contributed by atoms with Crippen LogP contribution in [0.4, 0.5) is 17.1 Å². The number of rotatable bonds is 9. The summed E-state index contributed by atoms with van der Waals surface area (Å²) in [6, 6.07) is 10.9. The second-order valence-corrected chi connectivity index (χ2v) is 6.52. The van der Waals surface area contributed by atoms with E-state index in [1.807, 2.05) is 36.2 Å². The lowest BCUT2D eigenvalue weighted by Crippen LogP contribution is -2.23. The summed E-state index contributed by atoms with van der Waals surface area (Å²) in [6.45, 7) is 5.85. The predicted octanol–water partition coefficient (Wildman–Crippen LogP) is 4.23. The van der Waals surface area contributed by atoms with Gasteiger partial charge in [0, 0.05) is 24.4 Å². The summed E-state index contributed by atoms with van der Waals surface area (Å²) in [7, 11) is 1.86. The van der Waals surface area contributed by atoms with Gasteiger partial charge in [0.15, 0.2) is 0 Å². The molecule has 0 atom stereocenters. The Morgan fingerprint density at radius 2 is 1.77 bits per heavy atom. The van der Waals surface area contributed by atoms with E-state index in [9.17, 15) is 25.0 Å². The van der Waals surface area contributed by atoms with Crippen LogP contribution in [0.25, 0.3) is 12.2 Å². The number of hydrogen-bond acceptors (Lipinski definition) is 7. The van der Waals surface area contributed by atoms with E-state index in [0.29, 0.717) is 12.1 Å². The summed E-state index contributed by atoms with van der Waals surface area (Å²) in [6.07, 6.45) is 3.23. The lowest BCUT2D eigenvalue weighted by atomic mass is 10.1. The minimum atomic E-state index is -0.671. The Bertz CT molecular complexity index is 998. The van der Waals surface area contributed by atoms with Crippen molar-refractivity contribution in [2.45, 2.75) is 6.92 Å². The number of esters is 1. The summed E-state index contributed by atoms with van der Waals surface area (Å²) in [5.74, 6) is -0.427. The molecule has 0 N–H and O–H groups in total. The number of nitro benzene ring substituents is 2. The minimum Gasteiger partial charge on any atom is -0.460 e. The van der Waals surface area contributed by atoms with E-state index in [-0.39, 0.29) is 23.5 Å². The molecule has 0 spiro atoms. The van der Waals surface area contributed by atoms with Crippen LogP contribution < -0.4 is 4.90 Å². The zero-order valence-electron chi connectivity index (χ0n) is 16.6. The molecule has 0 radical (unpaired) electrons. The fourth-order valence-corrected chi connectivity index (χ4v) is 2.50. The van der Waals surface area contributed by atoms with Crippen LogP contribution in [0.2, 0.25) is 0 Å². The highest BCUT2D eigenvalue weighted by Gasteiger charge is 2.17. The first kappa shape index (κ1) is 22.3. The van der Waals surface area contributed by atoms with Gasteiger partial charge in [0.1, 0.15) is 6.61 Å². The van der Waals surface area contributed by atoms with Gasteiger partial charge in [-0.1, -0.05) is 24.8 Å². The van der Waals surface area contributed by atoms with E-state index in [1.165, 1.54) is 18.2 Å². The Hall–Kier alpha value is -4.01. The number of ether oxygens (including phenoxy) is 1. The Balaban J connectivity index is 2.06. The standard InChI is InChI=1S/C21H21N3O6/c1-15(2)21(25)30-13-12-22(3)18-9-5-16(6-10-18)4-7-17-8-11-19(23(26)27)14-20(17)24(28)29/h4-11,14H,1,12-13H2,2-3H3/b7-4+. The normalized spacial score (nSPS) is 10.6. The number of nitrogens with zero attached hydrogens (tertiary/aromatic N) is 3. The quantitative estimate of drug-likeness (QED) is 0.199. The van der Waals surface area contributed by atoms with Crippen LogP contribution >= 0.6 is 0 Å². The van der Waals surface area contributed by atoms with E-state index in [1.54, 1.807) is 13.0 Å². The van der Waals surface area contributed by atoms with Crippen molar-refractivity contribution in [2.75, 3.05) is 25.1 Å². The van der Waals surface area contributed by atoms with Crippen molar-refractivity contribution < 1.29 is 19.4 Å². The number of carbonyl (C=O) groups excluding carboxylic acids is 1. The summed E-state index contributed by atoms with van der Waals surface area (Å²) < 4.78 is 5.07. The molecule has 0 unspecified atom stereocenters. The largest absolute Gasteiger partial charge is 0.460 e. The third kappa shape index (κ3) is 5.99. The van der Waals surface area contributed by atoms with Crippen molar-refractivity contribution in [1.29, 1.82) is 0 Å². The van der Waals surface area contributed by atoms with Crippen LogP contribution in [-0.2, 0) is 9.53 Å². The Labute approximate surface area is 173 Å². The first-order valence-electron chi connectivity index (χ1n) is 8.94. The molecule has 0 aliphatic carbocycles. The first-order valence-corrected chi connectivity index (χ1v) is 8.94.